The zero-order valence-corrected chi connectivity index (χ0v) is 14.3. The first-order chi connectivity index (χ1) is 12.3. The van der Waals surface area contributed by atoms with Crippen LogP contribution in [0.1, 0.15) is 37.0 Å². The van der Waals surface area contributed by atoms with Gasteiger partial charge in [-0.3, -0.25) is 10.1 Å². The van der Waals surface area contributed by atoms with Crippen LogP contribution in [0, 0.1) is 0 Å². The number of anilines is 1. The molecule has 0 spiro atoms. The summed E-state index contributed by atoms with van der Waals surface area (Å²) in [7, 11) is 0. The Morgan fingerprint density at radius 2 is 1.96 bits per heavy atom. The maximum atomic E-state index is 12.6. The fraction of sp³-hybridized carbons (Fsp3) is 0.471. The lowest BCUT2D eigenvalue weighted by atomic mass is 10.1. The second kappa shape index (κ2) is 7.45. The highest BCUT2D eigenvalue weighted by atomic mass is 19.4. The third-order valence-corrected chi connectivity index (χ3v) is 4.38. The predicted octanol–water partition coefficient (Wildman–Crippen LogP) is 2.75. The number of carbonyl (C=O) groups is 1. The molecule has 9 heteroatoms. The van der Waals surface area contributed by atoms with Crippen LogP contribution in [-0.4, -0.2) is 26.7 Å². The molecule has 0 saturated heterocycles. The summed E-state index contributed by atoms with van der Waals surface area (Å²) in [6.07, 6.45) is -1.29. The van der Waals surface area contributed by atoms with E-state index >= 15 is 0 Å². The van der Waals surface area contributed by atoms with Crippen molar-refractivity contribution >= 4 is 11.6 Å². The Hall–Kier alpha value is -2.42. The fourth-order valence-electron chi connectivity index (χ4n) is 2.83. The van der Waals surface area contributed by atoms with Crippen LogP contribution in [0.2, 0.25) is 0 Å². The van der Waals surface area contributed by atoms with E-state index in [0.29, 0.717) is 12.2 Å². The van der Waals surface area contributed by atoms with Crippen molar-refractivity contribution in [2.45, 2.75) is 51.5 Å². The van der Waals surface area contributed by atoms with E-state index in [1.165, 1.54) is 12.1 Å². The molecular weight excluding hydrogens is 347 g/mol. The van der Waals surface area contributed by atoms with Crippen molar-refractivity contribution in [3.63, 3.8) is 0 Å². The average Bonchev–Trinajstić information content (AvgIpc) is 3.02. The van der Waals surface area contributed by atoms with Gasteiger partial charge < -0.3 is 9.88 Å². The minimum atomic E-state index is -4.39. The molecule has 1 atom stereocenters. The number of aryl methyl sites for hydroxylation is 1. The normalized spacial score (nSPS) is 15.4. The minimum absolute atomic E-state index is 0.316. The number of hydrogen-bond donors (Lipinski definition) is 2. The molecule has 1 aliphatic rings. The van der Waals surface area contributed by atoms with Crippen molar-refractivity contribution in [2.24, 2.45) is 0 Å². The summed E-state index contributed by atoms with van der Waals surface area (Å²) in [6.45, 7) is 2.97. The van der Waals surface area contributed by atoms with Crippen LogP contribution >= 0.6 is 0 Å². The molecule has 1 amide bonds. The topological polar surface area (TPSA) is 71.8 Å². The molecule has 6 nitrogen and oxygen atoms in total. The van der Waals surface area contributed by atoms with Gasteiger partial charge in [0, 0.05) is 18.7 Å². The standard InChI is InChI=1S/C17H20F3N5O/c1-11(21-10-15-24-23-14-4-2-3-9-25(14)15)16(26)22-13-7-5-12(6-8-13)17(18,19)20/h5-8,11,21H,2-4,9-10H2,1H3,(H,22,26)/t11-/m0/s1. The summed E-state index contributed by atoms with van der Waals surface area (Å²) in [5, 5.41) is 14.0. The molecule has 0 aliphatic carbocycles. The average molecular weight is 367 g/mol. The largest absolute Gasteiger partial charge is 0.416 e. The van der Waals surface area contributed by atoms with Crippen LogP contribution in [0.3, 0.4) is 0 Å². The molecule has 0 radical (unpaired) electrons. The molecule has 2 aromatic rings. The first kappa shape index (κ1) is 18.4. The maximum Gasteiger partial charge on any atom is 0.416 e. The highest BCUT2D eigenvalue weighted by molar-refractivity contribution is 5.94. The first-order valence-corrected chi connectivity index (χ1v) is 8.47. The van der Waals surface area contributed by atoms with Gasteiger partial charge in [0.25, 0.3) is 0 Å². The second-order valence-corrected chi connectivity index (χ2v) is 6.31. The van der Waals surface area contributed by atoms with Crippen molar-refractivity contribution < 1.29 is 18.0 Å². The fourth-order valence-corrected chi connectivity index (χ4v) is 2.83. The summed E-state index contributed by atoms with van der Waals surface area (Å²) >= 11 is 0. The predicted molar refractivity (Wildman–Crippen MR) is 89.3 cm³/mol. The smallest absolute Gasteiger partial charge is 0.325 e. The lowest BCUT2D eigenvalue weighted by Crippen LogP contribution is -2.38. The van der Waals surface area contributed by atoms with E-state index in [2.05, 4.69) is 25.4 Å². The number of carbonyl (C=O) groups excluding carboxylic acids is 1. The van der Waals surface area contributed by atoms with Gasteiger partial charge in [0.05, 0.1) is 18.2 Å². The van der Waals surface area contributed by atoms with Gasteiger partial charge >= 0.3 is 6.18 Å². The van der Waals surface area contributed by atoms with E-state index in [4.69, 9.17) is 0 Å². The van der Waals surface area contributed by atoms with Gasteiger partial charge in [-0.15, -0.1) is 10.2 Å². The van der Waals surface area contributed by atoms with Crippen LogP contribution in [-0.2, 0) is 30.5 Å². The molecular formula is C17H20F3N5O. The Kier molecular flexibility index (Phi) is 5.26. The molecule has 2 heterocycles. The summed E-state index contributed by atoms with van der Waals surface area (Å²) in [5.41, 5.74) is -0.435. The van der Waals surface area contributed by atoms with Crippen LogP contribution in [0.5, 0.6) is 0 Å². The number of nitrogens with zero attached hydrogens (tertiary/aromatic N) is 3. The molecule has 0 fully saturated rings. The number of aromatic nitrogens is 3. The Morgan fingerprint density at radius 1 is 1.23 bits per heavy atom. The van der Waals surface area contributed by atoms with Crippen LogP contribution in [0.4, 0.5) is 18.9 Å². The van der Waals surface area contributed by atoms with Gasteiger partial charge in [0.1, 0.15) is 11.6 Å². The Balaban J connectivity index is 1.54. The molecule has 0 saturated carbocycles. The molecule has 2 N–H and O–H groups in total. The van der Waals surface area contributed by atoms with Crippen LogP contribution < -0.4 is 10.6 Å². The van der Waals surface area contributed by atoms with Crippen molar-refractivity contribution in [1.82, 2.24) is 20.1 Å². The van der Waals surface area contributed by atoms with Crippen molar-refractivity contribution in [2.75, 3.05) is 5.32 Å². The Morgan fingerprint density at radius 3 is 2.65 bits per heavy atom. The molecule has 0 bridgehead atoms. The number of fused-ring (bicyclic) bond motifs is 1. The van der Waals surface area contributed by atoms with Crippen LogP contribution in [0.15, 0.2) is 24.3 Å². The highest BCUT2D eigenvalue weighted by Crippen LogP contribution is 2.29. The molecule has 1 aliphatic heterocycles. The Labute approximate surface area is 148 Å². The van der Waals surface area contributed by atoms with Gasteiger partial charge in [-0.1, -0.05) is 0 Å². The van der Waals surface area contributed by atoms with Gasteiger partial charge in [-0.2, -0.15) is 13.2 Å². The zero-order chi connectivity index (χ0) is 18.7. The Bertz CT molecular complexity index is 770. The monoisotopic (exact) mass is 367 g/mol. The summed E-state index contributed by atoms with van der Waals surface area (Å²) in [4.78, 5) is 12.2. The number of hydrogen-bond acceptors (Lipinski definition) is 4. The van der Waals surface area contributed by atoms with Crippen molar-refractivity contribution in [3.8, 4) is 0 Å². The lowest BCUT2D eigenvalue weighted by Gasteiger charge is -2.17. The second-order valence-electron chi connectivity index (χ2n) is 6.31. The van der Waals surface area contributed by atoms with E-state index in [1.807, 2.05) is 0 Å². The third kappa shape index (κ3) is 4.21. The van der Waals surface area contributed by atoms with E-state index in [0.717, 1.165) is 49.6 Å². The third-order valence-electron chi connectivity index (χ3n) is 4.38. The zero-order valence-electron chi connectivity index (χ0n) is 14.3. The first-order valence-electron chi connectivity index (χ1n) is 8.47. The van der Waals surface area contributed by atoms with Gasteiger partial charge in [0.2, 0.25) is 5.91 Å². The minimum Gasteiger partial charge on any atom is -0.325 e. The summed E-state index contributed by atoms with van der Waals surface area (Å²) in [6, 6.07) is 3.82. The van der Waals surface area contributed by atoms with Crippen molar-refractivity contribution in [3.05, 3.63) is 41.5 Å². The quantitative estimate of drug-likeness (QED) is 0.852. The molecule has 1 aromatic carbocycles. The highest BCUT2D eigenvalue weighted by Gasteiger charge is 2.30. The number of halogens is 3. The number of alkyl halides is 3. The lowest BCUT2D eigenvalue weighted by molar-refractivity contribution is -0.137. The van der Waals surface area contributed by atoms with E-state index < -0.39 is 17.8 Å². The number of rotatable bonds is 5. The molecule has 1 aromatic heterocycles. The maximum absolute atomic E-state index is 12.6. The van der Waals surface area contributed by atoms with E-state index in [1.54, 1.807) is 6.92 Å². The summed E-state index contributed by atoms with van der Waals surface area (Å²) < 4.78 is 39.7. The summed E-state index contributed by atoms with van der Waals surface area (Å²) in [5.74, 6) is 1.42. The molecule has 140 valence electrons. The molecule has 3 rings (SSSR count). The van der Waals surface area contributed by atoms with Gasteiger partial charge in [0.15, 0.2) is 0 Å². The van der Waals surface area contributed by atoms with E-state index in [-0.39, 0.29) is 5.91 Å². The molecule has 0 unspecified atom stereocenters. The number of nitrogens with one attached hydrogen (secondary N) is 2. The molecule has 26 heavy (non-hydrogen) atoms. The van der Waals surface area contributed by atoms with Gasteiger partial charge in [-0.25, -0.2) is 0 Å². The number of benzene rings is 1. The van der Waals surface area contributed by atoms with E-state index in [9.17, 15) is 18.0 Å². The van der Waals surface area contributed by atoms with Gasteiger partial charge in [-0.05, 0) is 44.0 Å². The number of amides is 1. The van der Waals surface area contributed by atoms with Crippen molar-refractivity contribution in [1.29, 1.82) is 0 Å². The van der Waals surface area contributed by atoms with Crippen LogP contribution in [0.25, 0.3) is 0 Å². The SMILES string of the molecule is C[C@H](NCc1nnc2n1CCCC2)C(=O)Nc1ccc(C(F)(F)F)cc1.